The Hall–Kier alpha value is -1.23. The van der Waals surface area contributed by atoms with Crippen LogP contribution in [0.25, 0.3) is 0 Å². The van der Waals surface area contributed by atoms with E-state index in [0.717, 1.165) is 6.42 Å². The molecule has 1 aliphatic rings. The van der Waals surface area contributed by atoms with E-state index in [9.17, 15) is 8.78 Å². The fourth-order valence-corrected chi connectivity index (χ4v) is 2.59. The van der Waals surface area contributed by atoms with Crippen LogP contribution in [0.2, 0.25) is 0 Å². The van der Waals surface area contributed by atoms with Crippen molar-refractivity contribution in [3.8, 4) is 0 Å². The van der Waals surface area contributed by atoms with Gasteiger partial charge in [0.25, 0.3) is 0 Å². The Labute approximate surface area is 117 Å². The first-order chi connectivity index (χ1) is 8.90. The van der Waals surface area contributed by atoms with Crippen molar-refractivity contribution in [2.75, 3.05) is 18.0 Å². The van der Waals surface area contributed by atoms with Gasteiger partial charge in [0.05, 0.1) is 0 Å². The first kappa shape index (κ1) is 14.2. The van der Waals surface area contributed by atoms with Gasteiger partial charge in [-0.3, -0.25) is 0 Å². The van der Waals surface area contributed by atoms with Gasteiger partial charge in [-0.2, -0.15) is 0 Å². The number of hydrogen-bond acceptors (Lipinski definition) is 2. The van der Waals surface area contributed by atoms with E-state index in [1.807, 2.05) is 0 Å². The summed E-state index contributed by atoms with van der Waals surface area (Å²) in [6, 6.07) is 2.42. The highest BCUT2D eigenvalue weighted by molar-refractivity contribution is 7.80. The van der Waals surface area contributed by atoms with Crippen LogP contribution < -0.4 is 10.6 Å². The molecule has 1 saturated heterocycles. The number of rotatable bonds is 2. The number of thiocarbonyl (C=S) groups is 1. The fourth-order valence-electron chi connectivity index (χ4n) is 2.48. The van der Waals surface area contributed by atoms with Crippen molar-refractivity contribution >= 4 is 22.9 Å². The maximum atomic E-state index is 14.1. The number of benzene rings is 1. The maximum absolute atomic E-state index is 14.1. The zero-order valence-corrected chi connectivity index (χ0v) is 11.9. The van der Waals surface area contributed by atoms with E-state index >= 15 is 0 Å². The lowest BCUT2D eigenvalue weighted by atomic mass is 9.88. The Morgan fingerprint density at radius 3 is 2.32 bits per heavy atom. The van der Waals surface area contributed by atoms with Crippen molar-refractivity contribution < 1.29 is 8.78 Å². The van der Waals surface area contributed by atoms with Crippen LogP contribution in [0.3, 0.4) is 0 Å². The van der Waals surface area contributed by atoms with Crippen LogP contribution >= 0.6 is 12.2 Å². The van der Waals surface area contributed by atoms with Crippen molar-refractivity contribution in [3.05, 3.63) is 29.3 Å². The second-order valence-corrected chi connectivity index (χ2v) is 5.78. The second kappa shape index (κ2) is 5.41. The highest BCUT2D eigenvalue weighted by atomic mass is 32.1. The molecular formula is C14H18F2N2S. The number of nitrogens with two attached hydrogens (primary N) is 1. The van der Waals surface area contributed by atoms with E-state index in [0.29, 0.717) is 24.9 Å². The normalized spacial score (nSPS) is 23.5. The minimum Gasteiger partial charge on any atom is -0.389 e. The van der Waals surface area contributed by atoms with Crippen LogP contribution in [-0.2, 0) is 0 Å². The fraction of sp³-hybridized carbons (Fsp3) is 0.500. The molecule has 5 heteroatoms. The Morgan fingerprint density at radius 2 is 1.84 bits per heavy atom. The van der Waals surface area contributed by atoms with Crippen molar-refractivity contribution in [2.24, 2.45) is 17.6 Å². The van der Waals surface area contributed by atoms with Gasteiger partial charge in [-0.25, -0.2) is 8.78 Å². The summed E-state index contributed by atoms with van der Waals surface area (Å²) < 4.78 is 28.2. The Kier molecular flexibility index (Phi) is 4.04. The van der Waals surface area contributed by atoms with Gasteiger partial charge in [-0.05, 0) is 30.4 Å². The summed E-state index contributed by atoms with van der Waals surface area (Å²) >= 11 is 4.75. The average molecular weight is 284 g/mol. The van der Waals surface area contributed by atoms with Gasteiger partial charge < -0.3 is 10.6 Å². The second-order valence-electron chi connectivity index (χ2n) is 5.34. The molecule has 2 unspecified atom stereocenters. The third kappa shape index (κ3) is 2.86. The standard InChI is InChI=1S/C14H18F2N2S/c1-8-3-4-18(7-9(8)2)13-11(15)5-10(14(17)19)6-12(13)16/h5-6,8-9H,3-4,7H2,1-2H3,(H2,17,19). The molecule has 2 nitrogen and oxygen atoms in total. The summed E-state index contributed by atoms with van der Waals surface area (Å²) in [4.78, 5) is 1.78. The summed E-state index contributed by atoms with van der Waals surface area (Å²) in [5, 5.41) is 0. The molecule has 104 valence electrons. The van der Waals surface area contributed by atoms with E-state index in [-0.39, 0.29) is 16.2 Å². The van der Waals surface area contributed by atoms with Crippen molar-refractivity contribution in [1.29, 1.82) is 0 Å². The van der Waals surface area contributed by atoms with Gasteiger partial charge >= 0.3 is 0 Å². The summed E-state index contributed by atoms with van der Waals surface area (Å²) in [5.41, 5.74) is 5.67. The van der Waals surface area contributed by atoms with Crippen molar-refractivity contribution in [1.82, 2.24) is 0 Å². The topological polar surface area (TPSA) is 29.3 Å². The molecule has 1 heterocycles. The molecule has 0 spiro atoms. The summed E-state index contributed by atoms with van der Waals surface area (Å²) in [6.45, 7) is 5.62. The molecule has 1 aromatic carbocycles. The zero-order chi connectivity index (χ0) is 14.2. The Balaban J connectivity index is 2.33. The van der Waals surface area contributed by atoms with E-state index in [1.165, 1.54) is 12.1 Å². The molecule has 1 aliphatic heterocycles. The summed E-state index contributed by atoms with van der Waals surface area (Å²) in [7, 11) is 0. The quantitative estimate of drug-likeness (QED) is 0.846. The van der Waals surface area contributed by atoms with Crippen LogP contribution in [-0.4, -0.2) is 18.1 Å². The number of nitrogens with zero attached hydrogens (tertiary/aromatic N) is 1. The van der Waals surface area contributed by atoms with Crippen molar-refractivity contribution in [3.63, 3.8) is 0 Å². The molecule has 2 rings (SSSR count). The molecule has 0 aliphatic carbocycles. The first-order valence-electron chi connectivity index (χ1n) is 6.44. The Bertz CT molecular complexity index is 481. The van der Waals surface area contributed by atoms with Crippen LogP contribution in [0.5, 0.6) is 0 Å². The molecule has 0 amide bonds. The maximum Gasteiger partial charge on any atom is 0.150 e. The van der Waals surface area contributed by atoms with E-state index < -0.39 is 11.6 Å². The Morgan fingerprint density at radius 1 is 1.26 bits per heavy atom. The predicted octanol–water partition coefficient (Wildman–Crippen LogP) is 3.08. The van der Waals surface area contributed by atoms with Gasteiger partial charge in [-0.1, -0.05) is 26.1 Å². The SMILES string of the molecule is CC1CCN(c2c(F)cc(C(N)=S)cc2F)CC1C. The smallest absolute Gasteiger partial charge is 0.150 e. The lowest BCUT2D eigenvalue weighted by Crippen LogP contribution is -2.39. The minimum atomic E-state index is -0.593. The molecular weight excluding hydrogens is 266 g/mol. The number of anilines is 1. The molecule has 0 radical (unpaired) electrons. The van der Waals surface area contributed by atoms with Crippen LogP contribution in [0.1, 0.15) is 25.8 Å². The van der Waals surface area contributed by atoms with E-state index in [4.69, 9.17) is 18.0 Å². The highest BCUT2D eigenvalue weighted by Gasteiger charge is 2.26. The van der Waals surface area contributed by atoms with Crippen molar-refractivity contribution in [2.45, 2.75) is 20.3 Å². The van der Waals surface area contributed by atoms with Crippen LogP contribution in [0.4, 0.5) is 14.5 Å². The van der Waals surface area contributed by atoms with E-state index in [2.05, 4.69) is 13.8 Å². The lowest BCUT2D eigenvalue weighted by molar-refractivity contribution is 0.320. The zero-order valence-electron chi connectivity index (χ0n) is 11.1. The van der Waals surface area contributed by atoms with Gasteiger partial charge in [-0.15, -0.1) is 0 Å². The summed E-state index contributed by atoms with van der Waals surface area (Å²) in [5.74, 6) is -0.185. The monoisotopic (exact) mass is 284 g/mol. The minimum absolute atomic E-state index is 0.00462. The largest absolute Gasteiger partial charge is 0.389 e. The molecule has 1 aromatic rings. The third-order valence-corrected chi connectivity index (χ3v) is 4.19. The van der Waals surface area contributed by atoms with Gasteiger partial charge in [0, 0.05) is 18.7 Å². The molecule has 19 heavy (non-hydrogen) atoms. The molecule has 2 atom stereocenters. The highest BCUT2D eigenvalue weighted by Crippen LogP contribution is 2.31. The lowest BCUT2D eigenvalue weighted by Gasteiger charge is -2.37. The van der Waals surface area contributed by atoms with Gasteiger partial charge in [0.15, 0.2) is 0 Å². The third-order valence-electron chi connectivity index (χ3n) is 3.95. The molecule has 0 saturated carbocycles. The van der Waals surface area contributed by atoms with Gasteiger partial charge in [0.2, 0.25) is 0 Å². The molecule has 0 bridgehead atoms. The first-order valence-corrected chi connectivity index (χ1v) is 6.84. The number of piperidine rings is 1. The summed E-state index contributed by atoms with van der Waals surface area (Å²) in [6.07, 6.45) is 0.942. The average Bonchev–Trinajstić information content (AvgIpc) is 2.32. The van der Waals surface area contributed by atoms with Crippen LogP contribution in [0, 0.1) is 23.5 Å². The molecule has 0 aromatic heterocycles. The number of halogens is 2. The predicted molar refractivity (Wildman–Crippen MR) is 77.4 cm³/mol. The molecule has 1 fully saturated rings. The number of hydrogen-bond donors (Lipinski definition) is 1. The van der Waals surface area contributed by atoms with E-state index in [1.54, 1.807) is 4.90 Å². The van der Waals surface area contributed by atoms with Gasteiger partial charge in [0.1, 0.15) is 22.3 Å². The van der Waals surface area contributed by atoms with Crippen LogP contribution in [0.15, 0.2) is 12.1 Å². The molecule has 2 N–H and O–H groups in total.